The highest BCUT2D eigenvalue weighted by Gasteiger charge is 2.11. The van der Waals surface area contributed by atoms with Crippen LogP contribution in [0.2, 0.25) is 0 Å². The van der Waals surface area contributed by atoms with Crippen molar-refractivity contribution in [3.05, 3.63) is 34.9 Å². The number of hydrogen-bond acceptors (Lipinski definition) is 4. The number of hydrogen-bond donors (Lipinski definition) is 0. The van der Waals surface area contributed by atoms with Crippen LogP contribution < -0.4 is 0 Å². The lowest BCUT2D eigenvalue weighted by atomic mass is 10.1. The molecule has 0 heterocycles. The van der Waals surface area contributed by atoms with E-state index in [-0.39, 0.29) is 5.56 Å². The molecule has 0 radical (unpaired) electrons. The van der Waals surface area contributed by atoms with Gasteiger partial charge in [0.2, 0.25) is 0 Å². The first-order valence-electron chi connectivity index (χ1n) is 4.06. The first kappa shape index (κ1) is 12.5. The van der Waals surface area contributed by atoms with Crippen LogP contribution in [0.1, 0.15) is 11.1 Å². The van der Waals surface area contributed by atoms with Gasteiger partial charge in [0.1, 0.15) is 17.7 Å². The van der Waals surface area contributed by atoms with Gasteiger partial charge in [0.05, 0.1) is 18.4 Å². The summed E-state index contributed by atoms with van der Waals surface area (Å²) in [6, 6.07) is 2.89. The SMILES string of the molecule is CS(=O)(=O)OCc1cc(F)c(C#N)cc1F. The van der Waals surface area contributed by atoms with Crippen molar-refractivity contribution in [3.8, 4) is 6.07 Å². The molecule has 0 spiro atoms. The molecule has 0 aliphatic heterocycles. The van der Waals surface area contributed by atoms with Gasteiger partial charge in [0.15, 0.2) is 0 Å². The monoisotopic (exact) mass is 247 g/mol. The Morgan fingerprint density at radius 1 is 1.38 bits per heavy atom. The summed E-state index contributed by atoms with van der Waals surface area (Å²) in [5, 5.41) is 8.41. The molecule has 86 valence electrons. The summed E-state index contributed by atoms with van der Waals surface area (Å²) in [5.74, 6) is -1.81. The maximum absolute atomic E-state index is 13.2. The average molecular weight is 247 g/mol. The molecular formula is C9H7F2NO3S. The summed E-state index contributed by atoms with van der Waals surface area (Å²) < 4.78 is 51.8. The molecule has 1 aromatic rings. The van der Waals surface area contributed by atoms with Gasteiger partial charge in [-0.1, -0.05) is 0 Å². The average Bonchev–Trinajstić information content (AvgIpc) is 2.17. The number of nitriles is 1. The third kappa shape index (κ3) is 3.25. The van der Waals surface area contributed by atoms with Crippen LogP contribution in [0.5, 0.6) is 0 Å². The van der Waals surface area contributed by atoms with E-state index >= 15 is 0 Å². The second kappa shape index (κ2) is 4.55. The molecule has 0 atom stereocenters. The van der Waals surface area contributed by atoms with Gasteiger partial charge in [-0.05, 0) is 12.1 Å². The number of halogens is 2. The smallest absolute Gasteiger partial charge is 0.264 e. The summed E-state index contributed by atoms with van der Waals surface area (Å²) in [5.41, 5.74) is -0.706. The molecule has 0 amide bonds. The molecule has 16 heavy (non-hydrogen) atoms. The Morgan fingerprint density at radius 2 is 2.00 bits per heavy atom. The minimum Gasteiger partial charge on any atom is -0.265 e. The van der Waals surface area contributed by atoms with E-state index in [1.165, 1.54) is 6.07 Å². The second-order valence-electron chi connectivity index (χ2n) is 3.00. The summed E-state index contributed by atoms with van der Waals surface area (Å²) >= 11 is 0. The summed E-state index contributed by atoms with van der Waals surface area (Å²) in [6.45, 7) is -0.604. The van der Waals surface area contributed by atoms with Crippen LogP contribution in [0, 0.1) is 23.0 Å². The van der Waals surface area contributed by atoms with Gasteiger partial charge >= 0.3 is 0 Å². The van der Waals surface area contributed by atoms with E-state index in [1.54, 1.807) is 0 Å². The van der Waals surface area contributed by atoms with Crippen molar-refractivity contribution >= 4 is 10.1 Å². The summed E-state index contributed by atoms with van der Waals surface area (Å²) in [7, 11) is -3.72. The van der Waals surface area contributed by atoms with Gasteiger partial charge in [0, 0.05) is 5.56 Å². The van der Waals surface area contributed by atoms with Crippen LogP contribution in [-0.4, -0.2) is 14.7 Å². The van der Waals surface area contributed by atoms with Crippen molar-refractivity contribution in [2.75, 3.05) is 6.26 Å². The predicted molar refractivity (Wildman–Crippen MR) is 50.7 cm³/mol. The van der Waals surface area contributed by atoms with Crippen LogP contribution >= 0.6 is 0 Å². The van der Waals surface area contributed by atoms with Crippen molar-refractivity contribution < 1.29 is 21.4 Å². The molecule has 0 unspecified atom stereocenters. The summed E-state index contributed by atoms with van der Waals surface area (Å²) in [6.07, 6.45) is 0.797. The first-order valence-corrected chi connectivity index (χ1v) is 5.87. The Balaban J connectivity index is 3.00. The molecule has 0 bridgehead atoms. The molecule has 1 aromatic carbocycles. The van der Waals surface area contributed by atoms with Gasteiger partial charge in [-0.3, -0.25) is 4.18 Å². The highest BCUT2D eigenvalue weighted by Crippen LogP contribution is 2.15. The first-order chi connectivity index (χ1) is 7.33. The van der Waals surface area contributed by atoms with E-state index in [9.17, 15) is 17.2 Å². The second-order valence-corrected chi connectivity index (χ2v) is 4.65. The molecule has 4 nitrogen and oxygen atoms in total. The van der Waals surface area contributed by atoms with Gasteiger partial charge in [-0.2, -0.15) is 13.7 Å². The van der Waals surface area contributed by atoms with E-state index in [2.05, 4.69) is 4.18 Å². The van der Waals surface area contributed by atoms with Crippen molar-refractivity contribution in [3.63, 3.8) is 0 Å². The standard InChI is InChI=1S/C9H7F2NO3S/c1-16(13,14)15-5-7-3-8(10)6(4-12)2-9(7)11/h2-3H,5H2,1H3. The largest absolute Gasteiger partial charge is 0.265 e. The zero-order valence-electron chi connectivity index (χ0n) is 8.20. The van der Waals surface area contributed by atoms with Gasteiger partial charge in [0.25, 0.3) is 10.1 Å². The lowest BCUT2D eigenvalue weighted by Gasteiger charge is -2.04. The van der Waals surface area contributed by atoms with Gasteiger partial charge < -0.3 is 0 Å². The third-order valence-corrected chi connectivity index (χ3v) is 2.23. The third-order valence-electron chi connectivity index (χ3n) is 1.69. The Hall–Kier alpha value is -1.52. The van der Waals surface area contributed by atoms with E-state index in [0.29, 0.717) is 6.07 Å². The highest BCUT2D eigenvalue weighted by atomic mass is 32.2. The van der Waals surface area contributed by atoms with Crippen molar-refractivity contribution in [1.29, 1.82) is 5.26 Å². The molecule has 0 saturated carbocycles. The minimum absolute atomic E-state index is 0.262. The van der Waals surface area contributed by atoms with E-state index in [4.69, 9.17) is 5.26 Å². The Kier molecular flexibility index (Phi) is 3.57. The van der Waals surface area contributed by atoms with E-state index in [1.807, 2.05) is 0 Å². The van der Waals surface area contributed by atoms with Crippen LogP contribution in [0.3, 0.4) is 0 Å². The van der Waals surface area contributed by atoms with Crippen LogP contribution in [0.25, 0.3) is 0 Å². The van der Waals surface area contributed by atoms with Crippen molar-refractivity contribution in [2.24, 2.45) is 0 Å². The molecular weight excluding hydrogens is 240 g/mol. The number of benzene rings is 1. The zero-order valence-corrected chi connectivity index (χ0v) is 9.01. The van der Waals surface area contributed by atoms with E-state index < -0.39 is 33.9 Å². The Morgan fingerprint density at radius 3 is 2.50 bits per heavy atom. The van der Waals surface area contributed by atoms with Gasteiger partial charge in [-0.15, -0.1) is 0 Å². The van der Waals surface area contributed by atoms with E-state index in [0.717, 1.165) is 12.3 Å². The molecule has 7 heteroatoms. The Bertz CT molecular complexity index is 549. The maximum atomic E-state index is 13.2. The zero-order chi connectivity index (χ0) is 12.3. The molecule has 0 aliphatic rings. The predicted octanol–water partition coefficient (Wildman–Crippen LogP) is 1.31. The molecule has 1 rings (SSSR count). The Labute approximate surface area is 91.2 Å². The fourth-order valence-electron chi connectivity index (χ4n) is 0.955. The topological polar surface area (TPSA) is 67.2 Å². The maximum Gasteiger partial charge on any atom is 0.264 e. The molecule has 0 fully saturated rings. The molecule has 0 N–H and O–H groups in total. The quantitative estimate of drug-likeness (QED) is 0.755. The normalized spacial score (nSPS) is 11.1. The molecule has 0 aromatic heterocycles. The molecule has 0 saturated heterocycles. The fraction of sp³-hybridized carbons (Fsp3) is 0.222. The minimum atomic E-state index is -3.72. The van der Waals surface area contributed by atoms with Crippen LogP contribution in [0.4, 0.5) is 8.78 Å². The molecule has 0 aliphatic carbocycles. The van der Waals surface area contributed by atoms with Crippen LogP contribution in [-0.2, 0) is 20.9 Å². The fourth-order valence-corrected chi connectivity index (χ4v) is 1.30. The highest BCUT2D eigenvalue weighted by molar-refractivity contribution is 7.85. The lowest BCUT2D eigenvalue weighted by molar-refractivity contribution is 0.305. The van der Waals surface area contributed by atoms with Crippen LogP contribution in [0.15, 0.2) is 12.1 Å². The number of rotatable bonds is 3. The number of nitrogens with zero attached hydrogens (tertiary/aromatic N) is 1. The lowest BCUT2D eigenvalue weighted by Crippen LogP contribution is -2.05. The van der Waals surface area contributed by atoms with Crippen molar-refractivity contribution in [2.45, 2.75) is 6.61 Å². The van der Waals surface area contributed by atoms with Gasteiger partial charge in [-0.25, -0.2) is 8.78 Å². The summed E-state index contributed by atoms with van der Waals surface area (Å²) in [4.78, 5) is 0. The van der Waals surface area contributed by atoms with Crippen molar-refractivity contribution in [1.82, 2.24) is 0 Å².